The highest BCUT2D eigenvalue weighted by molar-refractivity contribution is 5.89. The van der Waals surface area contributed by atoms with E-state index in [1.807, 2.05) is 17.0 Å². The van der Waals surface area contributed by atoms with Crippen LogP contribution >= 0.6 is 0 Å². The fourth-order valence-electron chi connectivity index (χ4n) is 3.78. The summed E-state index contributed by atoms with van der Waals surface area (Å²) in [6.07, 6.45) is 4.67. The molecular formula is C20H29N5O4. The number of pyridine rings is 1. The van der Waals surface area contributed by atoms with Crippen molar-refractivity contribution in [3.8, 4) is 0 Å². The maximum absolute atomic E-state index is 12.6. The highest BCUT2D eigenvalue weighted by Gasteiger charge is 2.32. The van der Waals surface area contributed by atoms with Crippen LogP contribution in [0.15, 0.2) is 24.5 Å². The summed E-state index contributed by atoms with van der Waals surface area (Å²) in [6, 6.07) is 3.34. The van der Waals surface area contributed by atoms with Gasteiger partial charge in [0.2, 0.25) is 11.8 Å². The summed E-state index contributed by atoms with van der Waals surface area (Å²) < 4.78 is 5.02. The average molecular weight is 403 g/mol. The highest BCUT2D eigenvalue weighted by Crippen LogP contribution is 2.15. The molecule has 158 valence electrons. The first-order valence-corrected chi connectivity index (χ1v) is 10.2. The SMILES string of the molecule is CCOC(=O)N1CCC(NC(=O)C[C@@H]2C(=O)NCCN2Cc2cccnc2)CC1. The van der Waals surface area contributed by atoms with Crippen molar-refractivity contribution in [2.75, 3.05) is 32.8 Å². The molecule has 29 heavy (non-hydrogen) atoms. The third kappa shape index (κ3) is 5.90. The molecule has 0 saturated carbocycles. The van der Waals surface area contributed by atoms with Crippen LogP contribution < -0.4 is 10.6 Å². The molecule has 0 aliphatic carbocycles. The third-order valence-corrected chi connectivity index (χ3v) is 5.31. The molecule has 2 fully saturated rings. The van der Waals surface area contributed by atoms with E-state index in [0.717, 1.165) is 5.56 Å². The highest BCUT2D eigenvalue weighted by atomic mass is 16.6. The quantitative estimate of drug-likeness (QED) is 0.717. The summed E-state index contributed by atoms with van der Waals surface area (Å²) in [5, 5.41) is 5.88. The zero-order chi connectivity index (χ0) is 20.6. The van der Waals surface area contributed by atoms with Crippen molar-refractivity contribution < 1.29 is 19.1 Å². The van der Waals surface area contributed by atoms with Gasteiger partial charge >= 0.3 is 6.09 Å². The lowest BCUT2D eigenvalue weighted by Gasteiger charge is -2.35. The molecular weight excluding hydrogens is 374 g/mol. The fourth-order valence-corrected chi connectivity index (χ4v) is 3.78. The molecule has 1 atom stereocenters. The van der Waals surface area contributed by atoms with Gasteiger partial charge in [0.1, 0.15) is 0 Å². The van der Waals surface area contributed by atoms with Gasteiger partial charge in [-0.1, -0.05) is 6.07 Å². The van der Waals surface area contributed by atoms with Gasteiger partial charge in [-0.05, 0) is 31.4 Å². The van der Waals surface area contributed by atoms with Crippen molar-refractivity contribution in [1.82, 2.24) is 25.4 Å². The molecule has 0 unspecified atom stereocenters. The Morgan fingerprint density at radius 3 is 2.79 bits per heavy atom. The van der Waals surface area contributed by atoms with Gasteiger partial charge in [0.05, 0.1) is 19.1 Å². The van der Waals surface area contributed by atoms with Gasteiger partial charge in [-0.2, -0.15) is 0 Å². The van der Waals surface area contributed by atoms with Crippen LogP contribution in [0.4, 0.5) is 4.79 Å². The Labute approximate surface area is 170 Å². The zero-order valence-corrected chi connectivity index (χ0v) is 16.8. The standard InChI is InChI=1S/C20H29N5O4/c1-2-29-20(28)24-9-5-16(6-10-24)23-18(26)12-17-19(27)22-8-11-25(17)14-15-4-3-7-21-13-15/h3-4,7,13,16-17H,2,5-6,8-12,14H2,1H3,(H,22,27)(H,23,26)/t17-/m1/s1. The Bertz CT molecular complexity index is 706. The maximum atomic E-state index is 12.6. The number of likely N-dealkylation sites (tertiary alicyclic amines) is 1. The summed E-state index contributed by atoms with van der Waals surface area (Å²) in [7, 11) is 0. The van der Waals surface area contributed by atoms with Crippen LogP contribution in [0.2, 0.25) is 0 Å². The molecule has 0 radical (unpaired) electrons. The third-order valence-electron chi connectivity index (χ3n) is 5.31. The number of carbonyl (C=O) groups is 3. The van der Waals surface area contributed by atoms with Gasteiger partial charge in [0.15, 0.2) is 0 Å². The van der Waals surface area contributed by atoms with Crippen molar-refractivity contribution in [2.45, 2.75) is 44.8 Å². The Kier molecular flexibility index (Phi) is 7.40. The Hall–Kier alpha value is -2.68. The Balaban J connectivity index is 1.50. The van der Waals surface area contributed by atoms with E-state index in [9.17, 15) is 14.4 Å². The molecule has 2 N–H and O–H groups in total. The zero-order valence-electron chi connectivity index (χ0n) is 16.8. The van der Waals surface area contributed by atoms with Crippen LogP contribution in [-0.2, 0) is 20.9 Å². The van der Waals surface area contributed by atoms with E-state index in [4.69, 9.17) is 4.74 Å². The Morgan fingerprint density at radius 1 is 1.31 bits per heavy atom. The number of aromatic nitrogens is 1. The first-order valence-electron chi connectivity index (χ1n) is 10.2. The largest absolute Gasteiger partial charge is 0.450 e. The second-order valence-corrected chi connectivity index (χ2v) is 7.37. The molecule has 2 aliphatic heterocycles. The predicted molar refractivity (Wildman–Crippen MR) is 106 cm³/mol. The first-order chi connectivity index (χ1) is 14.1. The van der Waals surface area contributed by atoms with Gasteiger partial charge < -0.3 is 20.3 Å². The fraction of sp³-hybridized carbons (Fsp3) is 0.600. The molecule has 2 saturated heterocycles. The lowest BCUT2D eigenvalue weighted by molar-refractivity contribution is -0.134. The van der Waals surface area contributed by atoms with Gasteiger partial charge in [-0.25, -0.2) is 4.79 Å². The molecule has 2 aliphatic rings. The Morgan fingerprint density at radius 2 is 2.10 bits per heavy atom. The summed E-state index contributed by atoms with van der Waals surface area (Å²) in [6.45, 7) is 5.09. The van der Waals surface area contributed by atoms with E-state index in [1.54, 1.807) is 24.2 Å². The van der Waals surface area contributed by atoms with E-state index < -0.39 is 6.04 Å². The molecule has 3 heterocycles. The molecule has 3 amide bonds. The maximum Gasteiger partial charge on any atom is 0.409 e. The average Bonchev–Trinajstić information content (AvgIpc) is 2.72. The summed E-state index contributed by atoms with van der Waals surface area (Å²) in [5.41, 5.74) is 1.01. The minimum atomic E-state index is -0.497. The molecule has 0 bridgehead atoms. The van der Waals surface area contributed by atoms with E-state index >= 15 is 0 Å². The molecule has 0 aromatic carbocycles. The second kappa shape index (κ2) is 10.2. The van der Waals surface area contributed by atoms with Crippen LogP contribution in [0.25, 0.3) is 0 Å². The minimum Gasteiger partial charge on any atom is -0.450 e. The van der Waals surface area contributed by atoms with Gasteiger partial charge in [-0.3, -0.25) is 19.5 Å². The molecule has 1 aromatic heterocycles. The van der Waals surface area contributed by atoms with E-state index in [1.165, 1.54) is 0 Å². The van der Waals surface area contributed by atoms with Gasteiger partial charge in [0, 0.05) is 51.2 Å². The molecule has 3 rings (SSSR count). The van der Waals surface area contributed by atoms with Crippen LogP contribution in [0, 0.1) is 0 Å². The normalized spacial score (nSPS) is 20.8. The monoisotopic (exact) mass is 403 g/mol. The van der Waals surface area contributed by atoms with Crippen LogP contribution in [0.1, 0.15) is 31.7 Å². The molecule has 9 heteroatoms. The van der Waals surface area contributed by atoms with Crippen molar-refractivity contribution >= 4 is 17.9 Å². The van der Waals surface area contributed by atoms with Crippen LogP contribution in [0.3, 0.4) is 0 Å². The summed E-state index contributed by atoms with van der Waals surface area (Å²) >= 11 is 0. The smallest absolute Gasteiger partial charge is 0.409 e. The van der Waals surface area contributed by atoms with Crippen molar-refractivity contribution in [3.63, 3.8) is 0 Å². The number of nitrogens with one attached hydrogen (secondary N) is 2. The second-order valence-electron chi connectivity index (χ2n) is 7.37. The molecule has 0 spiro atoms. The molecule has 1 aromatic rings. The number of ether oxygens (including phenoxy) is 1. The van der Waals surface area contributed by atoms with Crippen molar-refractivity contribution in [1.29, 1.82) is 0 Å². The van der Waals surface area contributed by atoms with Gasteiger partial charge in [-0.15, -0.1) is 0 Å². The number of piperidine rings is 1. The summed E-state index contributed by atoms with van der Waals surface area (Å²) in [5.74, 6) is -0.259. The topological polar surface area (TPSA) is 104 Å². The van der Waals surface area contributed by atoms with E-state index in [-0.39, 0.29) is 30.4 Å². The van der Waals surface area contributed by atoms with Crippen LogP contribution in [0.5, 0.6) is 0 Å². The number of piperazine rings is 1. The van der Waals surface area contributed by atoms with Gasteiger partial charge in [0.25, 0.3) is 0 Å². The van der Waals surface area contributed by atoms with Crippen LogP contribution in [-0.4, -0.2) is 77.6 Å². The predicted octanol–water partition coefficient (Wildman–Crippen LogP) is 0.509. The lowest BCUT2D eigenvalue weighted by atomic mass is 10.0. The number of nitrogens with zero attached hydrogens (tertiary/aromatic N) is 3. The number of rotatable bonds is 6. The van der Waals surface area contributed by atoms with Crippen molar-refractivity contribution in [3.05, 3.63) is 30.1 Å². The molecule has 9 nitrogen and oxygen atoms in total. The number of hydrogen-bond donors (Lipinski definition) is 2. The lowest BCUT2D eigenvalue weighted by Crippen LogP contribution is -2.56. The van der Waals surface area contributed by atoms with E-state index in [2.05, 4.69) is 15.6 Å². The number of hydrogen-bond acceptors (Lipinski definition) is 6. The first kappa shape index (κ1) is 21.0. The summed E-state index contributed by atoms with van der Waals surface area (Å²) in [4.78, 5) is 44.6. The minimum absolute atomic E-state index is 0.00611. The number of amides is 3. The number of carbonyl (C=O) groups excluding carboxylic acids is 3. The van der Waals surface area contributed by atoms with E-state index in [0.29, 0.717) is 52.2 Å². The van der Waals surface area contributed by atoms with Crippen molar-refractivity contribution in [2.24, 2.45) is 0 Å².